The molecule has 110 valence electrons. The minimum Gasteiger partial charge on any atom is -0.574 e. The van der Waals surface area contributed by atoms with Gasteiger partial charge in [-0.25, -0.2) is 0 Å². The van der Waals surface area contributed by atoms with Gasteiger partial charge in [-0.2, -0.15) is 0 Å². The summed E-state index contributed by atoms with van der Waals surface area (Å²) < 4.78 is 5.47. The number of nitrogens with zero attached hydrogens (tertiary/aromatic N) is 5. The molecule has 0 N–H and O–H groups in total. The minimum absolute atomic E-state index is 0. The Hall–Kier alpha value is -1.32. The molecule has 0 saturated carbocycles. The van der Waals surface area contributed by atoms with Crippen LogP contribution in [0.15, 0.2) is 35.7 Å². The van der Waals surface area contributed by atoms with Gasteiger partial charge in [-0.05, 0) is 17.7 Å². The van der Waals surface area contributed by atoms with E-state index in [0.717, 1.165) is 17.8 Å². The Labute approximate surface area is 148 Å². The molecule has 0 aromatic carbocycles. The van der Waals surface area contributed by atoms with Crippen LogP contribution in [-0.2, 0) is 4.74 Å². The molecular weight excluding hydrogens is 492 g/mol. The van der Waals surface area contributed by atoms with Crippen LogP contribution in [0, 0.1) is 31.1 Å². The van der Waals surface area contributed by atoms with Crippen molar-refractivity contribution in [3.63, 3.8) is 0 Å². The first kappa shape index (κ1) is 17.7. The van der Waals surface area contributed by atoms with Crippen molar-refractivity contribution in [3.05, 3.63) is 36.3 Å². The van der Waals surface area contributed by atoms with Crippen LogP contribution in [-0.4, -0.2) is 41.2 Å². The van der Waals surface area contributed by atoms with E-state index in [9.17, 15) is 0 Å². The molecule has 0 bridgehead atoms. The van der Waals surface area contributed by atoms with Crippen LogP contribution in [0.1, 0.15) is 19.5 Å². The summed E-state index contributed by atoms with van der Waals surface area (Å²) in [5.74, 6) is 0.520. The number of aromatic nitrogens is 3. The quantitative estimate of drug-likeness (QED) is 0.617. The Morgan fingerprint density at radius 1 is 1.33 bits per heavy atom. The topological polar surface area (TPSA) is 64.7 Å². The molecule has 0 fully saturated rings. The van der Waals surface area contributed by atoms with Gasteiger partial charge in [0.2, 0.25) is 0 Å². The van der Waals surface area contributed by atoms with E-state index in [1.165, 1.54) is 0 Å². The third kappa shape index (κ3) is 4.58. The average molecular weight is 510 g/mol. The maximum Gasteiger partial charge on any atom is 0.255 e. The molecule has 3 rings (SSSR count). The molecule has 2 aromatic rings. The summed E-state index contributed by atoms with van der Waals surface area (Å²) in [6, 6.07) is 5.66. The molecule has 6 nitrogen and oxygen atoms in total. The summed E-state index contributed by atoms with van der Waals surface area (Å²) in [7, 11) is 1.90. The predicted octanol–water partition coefficient (Wildman–Crippen LogP) is 1.75. The molecule has 2 aromatic heterocycles. The molecule has 0 aliphatic carbocycles. The van der Waals surface area contributed by atoms with Crippen LogP contribution >= 0.6 is 0 Å². The zero-order valence-corrected chi connectivity index (χ0v) is 16.6. The van der Waals surface area contributed by atoms with Crippen molar-refractivity contribution in [2.45, 2.75) is 13.8 Å². The third-order valence-corrected chi connectivity index (χ3v) is 2.63. The standard InChI is InChI=1S/C12H12N5O.C2H6.U/c1-17-5-6-18-12(16-17)11-7-10(14-15-11)9-3-2-4-13-8-9;1-2;/h2-4,7-8H,5-6H2,1H3;1-2H3;/q-1;;. The maximum absolute atomic E-state index is 5.47. The summed E-state index contributed by atoms with van der Waals surface area (Å²) in [4.78, 5) is 4.06. The van der Waals surface area contributed by atoms with E-state index in [1.54, 1.807) is 12.4 Å². The van der Waals surface area contributed by atoms with Gasteiger partial charge in [0.1, 0.15) is 12.3 Å². The second-order valence-electron chi connectivity index (χ2n) is 3.99. The first-order valence-corrected chi connectivity index (χ1v) is 6.66. The van der Waals surface area contributed by atoms with Gasteiger partial charge < -0.3 is 14.9 Å². The Bertz CT molecular complexity index is 570. The van der Waals surface area contributed by atoms with E-state index < -0.39 is 0 Å². The van der Waals surface area contributed by atoms with Gasteiger partial charge >= 0.3 is 0 Å². The van der Waals surface area contributed by atoms with Gasteiger partial charge in [0.05, 0.1) is 6.54 Å². The number of hydrogen-bond acceptors (Lipinski definition) is 5. The van der Waals surface area contributed by atoms with Crippen molar-refractivity contribution in [2.24, 2.45) is 5.10 Å². The van der Waals surface area contributed by atoms with Crippen LogP contribution in [0.2, 0.25) is 0 Å². The molecule has 0 atom stereocenters. The molecule has 0 saturated heterocycles. The van der Waals surface area contributed by atoms with Crippen LogP contribution in [0.4, 0.5) is 0 Å². The van der Waals surface area contributed by atoms with Crippen LogP contribution in [0.5, 0.6) is 0 Å². The van der Waals surface area contributed by atoms with Gasteiger partial charge in [-0.15, -0.1) is 10.8 Å². The van der Waals surface area contributed by atoms with Gasteiger partial charge in [-0.1, -0.05) is 19.9 Å². The first-order valence-electron chi connectivity index (χ1n) is 6.66. The summed E-state index contributed by atoms with van der Waals surface area (Å²) >= 11 is 0. The van der Waals surface area contributed by atoms with Crippen molar-refractivity contribution < 1.29 is 35.9 Å². The van der Waals surface area contributed by atoms with Gasteiger partial charge in [0.25, 0.3) is 5.90 Å². The number of pyridine rings is 1. The third-order valence-electron chi connectivity index (χ3n) is 2.63. The van der Waals surface area contributed by atoms with Gasteiger partial charge in [0, 0.05) is 50.6 Å². The molecule has 0 amide bonds. The smallest absolute Gasteiger partial charge is 0.255 e. The van der Waals surface area contributed by atoms with Crippen molar-refractivity contribution in [1.29, 1.82) is 0 Å². The van der Waals surface area contributed by atoms with E-state index in [0.29, 0.717) is 18.2 Å². The van der Waals surface area contributed by atoms with Crippen LogP contribution < -0.4 is 5.10 Å². The fraction of sp³-hybridized carbons (Fsp3) is 0.357. The number of hydrogen-bond donors (Lipinski definition) is 0. The van der Waals surface area contributed by atoms with E-state index in [-0.39, 0.29) is 31.1 Å². The number of rotatable bonds is 2. The zero-order chi connectivity index (χ0) is 14.4. The Morgan fingerprint density at radius 3 is 2.81 bits per heavy atom. The molecule has 0 unspecified atom stereocenters. The van der Waals surface area contributed by atoms with Crippen LogP contribution in [0.25, 0.3) is 11.3 Å². The van der Waals surface area contributed by atoms with E-state index >= 15 is 0 Å². The molecule has 7 heteroatoms. The number of hydrazone groups is 1. The SMILES string of the molecule is CC.CN1CCOC(c2cc(-c3cccnc3)[n-]n2)=N1.[U]. The fourth-order valence-corrected chi connectivity index (χ4v) is 1.69. The monoisotopic (exact) mass is 510 g/mol. The van der Waals surface area contributed by atoms with Crippen LogP contribution in [0.3, 0.4) is 0 Å². The number of likely N-dealkylation sites (N-methyl/N-ethyl adjacent to an activating group) is 1. The largest absolute Gasteiger partial charge is 0.574 e. The average Bonchev–Trinajstić information content (AvgIpc) is 3.00. The molecule has 0 radical (unpaired) electrons. The normalized spacial score (nSPS) is 13.3. The number of ether oxygens (including phenoxy) is 1. The van der Waals surface area contributed by atoms with Crippen molar-refractivity contribution >= 4 is 5.90 Å². The summed E-state index contributed by atoms with van der Waals surface area (Å²) in [6.45, 7) is 5.40. The minimum atomic E-state index is 0. The second-order valence-corrected chi connectivity index (χ2v) is 3.99. The van der Waals surface area contributed by atoms with E-state index in [2.05, 4.69) is 20.3 Å². The summed E-state index contributed by atoms with van der Waals surface area (Å²) in [6.07, 6.45) is 3.48. The Morgan fingerprint density at radius 2 is 2.14 bits per heavy atom. The molecule has 0 spiro atoms. The van der Waals surface area contributed by atoms with E-state index in [4.69, 9.17) is 4.74 Å². The second kappa shape index (κ2) is 8.86. The van der Waals surface area contributed by atoms with Gasteiger partial charge in [-0.3, -0.25) is 9.99 Å². The molecule has 3 heterocycles. The van der Waals surface area contributed by atoms with E-state index in [1.807, 2.05) is 44.1 Å². The first-order chi connectivity index (χ1) is 9.83. The zero-order valence-electron chi connectivity index (χ0n) is 12.4. The summed E-state index contributed by atoms with van der Waals surface area (Å²) in [5, 5.41) is 14.3. The van der Waals surface area contributed by atoms with Crippen molar-refractivity contribution in [1.82, 2.24) is 20.2 Å². The van der Waals surface area contributed by atoms with Gasteiger partial charge in [0.15, 0.2) is 0 Å². The maximum atomic E-state index is 5.47. The predicted molar refractivity (Wildman–Crippen MR) is 77.3 cm³/mol. The molecule has 21 heavy (non-hydrogen) atoms. The molecular formula is C14H18N5OU-. The molecule has 1 aliphatic heterocycles. The fourth-order valence-electron chi connectivity index (χ4n) is 1.69. The van der Waals surface area contributed by atoms with Crippen molar-refractivity contribution in [2.75, 3.05) is 20.2 Å². The Balaban J connectivity index is 0.000000706. The summed E-state index contributed by atoms with van der Waals surface area (Å²) in [5.41, 5.74) is 2.36. The Kier molecular flexibility index (Phi) is 7.48. The van der Waals surface area contributed by atoms with Crippen molar-refractivity contribution in [3.8, 4) is 11.3 Å². The molecule has 1 aliphatic rings.